The number of aliphatic hydroxyl groups excluding tert-OH is 1. The van der Waals surface area contributed by atoms with E-state index in [1.165, 1.54) is 0 Å². The van der Waals surface area contributed by atoms with Gasteiger partial charge in [-0.25, -0.2) is 5.84 Å². The van der Waals surface area contributed by atoms with Gasteiger partial charge in [0.1, 0.15) is 0 Å². The lowest BCUT2D eigenvalue weighted by atomic mass is 10.1. The zero-order valence-corrected chi connectivity index (χ0v) is 16.8. The lowest BCUT2D eigenvalue weighted by Crippen LogP contribution is -2.35. The number of aliphatic hydroxyl groups is 1. The molecule has 30 heavy (non-hydrogen) atoms. The minimum absolute atomic E-state index is 0.0858. The third kappa shape index (κ3) is 6.55. The summed E-state index contributed by atoms with van der Waals surface area (Å²) in [6.07, 6.45) is 6.92. The fourth-order valence-corrected chi connectivity index (χ4v) is 2.97. The van der Waals surface area contributed by atoms with E-state index in [4.69, 9.17) is 16.4 Å². The molecule has 0 fully saturated rings. The maximum Gasteiger partial charge on any atom is 0.0718 e. The number of benzene rings is 2. The molecule has 5 N–H and O–H groups in total. The third-order valence-corrected chi connectivity index (χ3v) is 4.49. The second kappa shape index (κ2) is 10.9. The first-order chi connectivity index (χ1) is 14.6. The zero-order valence-electron chi connectivity index (χ0n) is 16.8. The van der Waals surface area contributed by atoms with Crippen LogP contribution in [0.2, 0.25) is 0 Å². The molecule has 1 aromatic heterocycles. The second-order valence-corrected chi connectivity index (χ2v) is 6.95. The monoisotopic (exact) mass is 401 g/mol. The van der Waals surface area contributed by atoms with Crippen LogP contribution in [-0.2, 0) is 0 Å². The van der Waals surface area contributed by atoms with Crippen molar-refractivity contribution in [1.29, 1.82) is 5.41 Å². The summed E-state index contributed by atoms with van der Waals surface area (Å²) in [5.41, 5.74) is 5.18. The number of hydrogen-bond acceptors (Lipinski definition) is 6. The molecule has 0 spiro atoms. The molecular weight excluding hydrogens is 374 g/mol. The maximum atomic E-state index is 8.90. The Bertz CT molecular complexity index is 988. The van der Waals surface area contributed by atoms with Crippen molar-refractivity contribution >= 4 is 34.9 Å². The standard InChI is InChI=1S/C24H27N5O/c25-20(7-5-15-30)18-29(26)24-11-4-10-23(17-24)28-22-9-3-6-19(16-22)12-13-21-8-1-2-14-27-21/h1-4,6,8-14,16-17,25,28,30H,5,7,15,18,26H2. The molecule has 3 aromatic rings. The minimum atomic E-state index is 0.0858. The number of nitrogens with zero attached hydrogens (tertiary/aromatic N) is 2. The van der Waals surface area contributed by atoms with Crippen molar-refractivity contribution in [1.82, 2.24) is 4.98 Å². The highest BCUT2D eigenvalue weighted by Gasteiger charge is 2.06. The van der Waals surface area contributed by atoms with E-state index in [2.05, 4.69) is 16.4 Å². The SMILES string of the molecule is N=C(CCCO)CN(N)c1cccc(Nc2cccc(C=Cc3ccccn3)c2)c1. The fourth-order valence-electron chi connectivity index (χ4n) is 2.97. The van der Waals surface area contributed by atoms with Gasteiger partial charge in [-0.05, 0) is 66.9 Å². The minimum Gasteiger partial charge on any atom is -0.396 e. The molecule has 0 unspecified atom stereocenters. The predicted octanol–water partition coefficient (Wildman–Crippen LogP) is 4.47. The Kier molecular flexibility index (Phi) is 7.71. The number of aromatic nitrogens is 1. The maximum absolute atomic E-state index is 8.90. The van der Waals surface area contributed by atoms with Crippen LogP contribution in [0.25, 0.3) is 12.2 Å². The van der Waals surface area contributed by atoms with Gasteiger partial charge in [0, 0.05) is 29.9 Å². The van der Waals surface area contributed by atoms with E-state index in [1.807, 2.05) is 72.8 Å². The fraction of sp³-hybridized carbons (Fsp3) is 0.167. The van der Waals surface area contributed by atoms with Crippen molar-refractivity contribution in [3.63, 3.8) is 0 Å². The van der Waals surface area contributed by atoms with Crippen LogP contribution >= 0.6 is 0 Å². The summed E-state index contributed by atoms with van der Waals surface area (Å²) in [6, 6.07) is 21.7. The molecule has 6 heteroatoms. The number of nitrogens with two attached hydrogens (primary N) is 1. The van der Waals surface area contributed by atoms with Gasteiger partial charge in [-0.3, -0.25) is 4.98 Å². The Morgan fingerprint density at radius 3 is 2.60 bits per heavy atom. The smallest absolute Gasteiger partial charge is 0.0718 e. The summed E-state index contributed by atoms with van der Waals surface area (Å²) in [6.45, 7) is 0.416. The first kappa shape index (κ1) is 21.2. The number of nitrogens with one attached hydrogen (secondary N) is 2. The van der Waals surface area contributed by atoms with Crippen molar-refractivity contribution in [3.8, 4) is 0 Å². The van der Waals surface area contributed by atoms with E-state index < -0.39 is 0 Å². The van der Waals surface area contributed by atoms with Gasteiger partial charge in [-0.2, -0.15) is 0 Å². The molecule has 2 aromatic carbocycles. The van der Waals surface area contributed by atoms with Crippen LogP contribution in [0, 0.1) is 5.41 Å². The Morgan fingerprint density at radius 2 is 1.83 bits per heavy atom. The number of anilines is 3. The van der Waals surface area contributed by atoms with Crippen molar-refractivity contribution in [3.05, 3.63) is 84.2 Å². The normalized spacial score (nSPS) is 10.9. The first-order valence-corrected chi connectivity index (χ1v) is 9.90. The number of hydrazine groups is 1. The van der Waals surface area contributed by atoms with Crippen molar-refractivity contribution < 1.29 is 5.11 Å². The van der Waals surface area contributed by atoms with Gasteiger partial charge in [0.15, 0.2) is 0 Å². The molecule has 1 heterocycles. The highest BCUT2D eigenvalue weighted by molar-refractivity contribution is 5.86. The third-order valence-electron chi connectivity index (χ3n) is 4.49. The quantitative estimate of drug-likeness (QED) is 0.228. The molecule has 0 saturated carbocycles. The summed E-state index contributed by atoms with van der Waals surface area (Å²) in [5, 5.41) is 21.8. The van der Waals surface area contributed by atoms with Crippen LogP contribution in [0.4, 0.5) is 17.1 Å². The molecular formula is C24H27N5O. The van der Waals surface area contributed by atoms with Crippen LogP contribution < -0.4 is 16.2 Å². The molecule has 6 nitrogen and oxygen atoms in total. The van der Waals surface area contributed by atoms with E-state index in [0.29, 0.717) is 25.1 Å². The van der Waals surface area contributed by atoms with Gasteiger partial charge < -0.3 is 20.8 Å². The Morgan fingerprint density at radius 1 is 1.03 bits per heavy atom. The highest BCUT2D eigenvalue weighted by atomic mass is 16.2. The summed E-state index contributed by atoms with van der Waals surface area (Å²) in [7, 11) is 0. The summed E-state index contributed by atoms with van der Waals surface area (Å²) in [4.78, 5) is 4.30. The Hall–Kier alpha value is -3.48. The van der Waals surface area contributed by atoms with Crippen LogP contribution in [0.5, 0.6) is 0 Å². The average molecular weight is 402 g/mol. The molecule has 0 atom stereocenters. The zero-order chi connectivity index (χ0) is 21.2. The number of hydrogen-bond donors (Lipinski definition) is 4. The predicted molar refractivity (Wildman–Crippen MR) is 125 cm³/mol. The molecule has 0 bridgehead atoms. The summed E-state index contributed by atoms with van der Waals surface area (Å²) >= 11 is 0. The van der Waals surface area contributed by atoms with Crippen LogP contribution in [0.1, 0.15) is 24.1 Å². The molecule has 3 rings (SSSR count). The lowest BCUT2D eigenvalue weighted by molar-refractivity contribution is 0.291. The molecule has 0 aliphatic carbocycles. The number of pyridine rings is 1. The molecule has 0 aliphatic rings. The van der Waals surface area contributed by atoms with E-state index in [-0.39, 0.29) is 6.61 Å². The molecule has 0 aliphatic heterocycles. The van der Waals surface area contributed by atoms with Gasteiger partial charge in [0.05, 0.1) is 17.9 Å². The van der Waals surface area contributed by atoms with Crippen molar-refractivity contribution in [2.75, 3.05) is 23.5 Å². The second-order valence-electron chi connectivity index (χ2n) is 6.95. The number of rotatable bonds is 10. The van der Waals surface area contributed by atoms with Gasteiger partial charge in [0.25, 0.3) is 0 Å². The summed E-state index contributed by atoms with van der Waals surface area (Å²) < 4.78 is 0. The van der Waals surface area contributed by atoms with Gasteiger partial charge >= 0.3 is 0 Å². The largest absolute Gasteiger partial charge is 0.396 e. The average Bonchev–Trinajstić information content (AvgIpc) is 2.77. The van der Waals surface area contributed by atoms with Crippen LogP contribution in [-0.4, -0.2) is 29.0 Å². The molecule has 0 amide bonds. The van der Waals surface area contributed by atoms with Crippen LogP contribution in [0.15, 0.2) is 72.9 Å². The Labute approximate surface area is 177 Å². The van der Waals surface area contributed by atoms with Crippen molar-refractivity contribution in [2.24, 2.45) is 5.84 Å². The van der Waals surface area contributed by atoms with Gasteiger partial charge in [0.2, 0.25) is 0 Å². The summed E-state index contributed by atoms with van der Waals surface area (Å²) in [5.74, 6) is 6.14. The van der Waals surface area contributed by atoms with E-state index in [1.54, 1.807) is 11.2 Å². The van der Waals surface area contributed by atoms with Gasteiger partial charge in [-0.1, -0.05) is 30.3 Å². The molecule has 0 saturated heterocycles. The lowest BCUT2D eigenvalue weighted by Gasteiger charge is -2.20. The van der Waals surface area contributed by atoms with Crippen LogP contribution in [0.3, 0.4) is 0 Å². The van der Waals surface area contributed by atoms with Gasteiger partial charge in [-0.15, -0.1) is 0 Å². The van der Waals surface area contributed by atoms with E-state index in [0.717, 1.165) is 28.3 Å². The Balaban J connectivity index is 1.66. The van der Waals surface area contributed by atoms with E-state index >= 15 is 0 Å². The van der Waals surface area contributed by atoms with E-state index in [9.17, 15) is 0 Å². The molecule has 154 valence electrons. The molecule has 0 radical (unpaired) electrons. The first-order valence-electron chi connectivity index (χ1n) is 9.90. The topological polar surface area (TPSA) is 98.3 Å². The van der Waals surface area contributed by atoms with Crippen molar-refractivity contribution in [2.45, 2.75) is 12.8 Å². The highest BCUT2D eigenvalue weighted by Crippen LogP contribution is 2.23.